The molecule has 0 spiro atoms. The van der Waals surface area contributed by atoms with Crippen molar-refractivity contribution in [1.82, 2.24) is 67.1 Å². The number of aryl methyl sites for hydroxylation is 1. The number of likely N-dealkylation sites (N-methyl/N-ethyl adjacent to an activating group) is 1. The molecule has 12 bridgehead atoms. The summed E-state index contributed by atoms with van der Waals surface area (Å²) in [6.45, 7) is 4.89. The van der Waals surface area contributed by atoms with E-state index < -0.39 is 144 Å². The van der Waals surface area contributed by atoms with Crippen LogP contribution in [0, 0.1) is 13.2 Å². The molecule has 2 fully saturated rings. The topological polar surface area (TPSA) is 376 Å². The third-order valence-electron chi connectivity index (χ3n) is 21.4. The average molecular weight is 1570 g/mol. The molecular weight excluding hydrogens is 1460 g/mol. The van der Waals surface area contributed by atoms with E-state index in [9.17, 15) is 33.9 Å². The molecule has 31 heteroatoms. The van der Waals surface area contributed by atoms with Gasteiger partial charge in [-0.15, -0.1) is 0 Å². The molecule has 0 unspecified atom stereocenters. The number of aliphatic hydroxyl groups is 1. The summed E-state index contributed by atoms with van der Waals surface area (Å²) >= 11 is 0. The summed E-state index contributed by atoms with van der Waals surface area (Å²) in [7, 11) is 7.45. The number of nitrogens with one attached hydrogen (secondary N) is 9. The van der Waals surface area contributed by atoms with Gasteiger partial charge in [0.05, 0.1) is 53.7 Å². The average Bonchev–Trinajstić information content (AvgIpc) is 1.65. The summed E-state index contributed by atoms with van der Waals surface area (Å²) < 4.78 is 35.8. The molecule has 0 saturated carbocycles. The van der Waals surface area contributed by atoms with Gasteiger partial charge in [-0.3, -0.25) is 57.5 Å². The van der Waals surface area contributed by atoms with Gasteiger partial charge in [0, 0.05) is 108 Å². The Bertz CT molecular complexity index is 4230. The number of nitrogens with zero attached hydrogens (tertiary/aromatic N) is 5. The minimum atomic E-state index is -1.86. The normalized spacial score (nSPS) is 24.7. The maximum Gasteiger partial charge on any atom is 0.246 e. The lowest BCUT2D eigenvalue weighted by molar-refractivity contribution is -0.870. The molecule has 12 amide bonds. The van der Waals surface area contributed by atoms with E-state index in [4.69, 9.17) is 14.2 Å². The number of aromatic nitrogens is 1. The van der Waals surface area contributed by atoms with E-state index in [1.807, 2.05) is 50.0 Å². The Morgan fingerprint density at radius 2 is 1.42 bits per heavy atom. The maximum atomic E-state index is 16.2. The van der Waals surface area contributed by atoms with E-state index in [2.05, 4.69) is 47.9 Å². The van der Waals surface area contributed by atoms with Crippen molar-refractivity contribution in [3.63, 3.8) is 0 Å². The molecule has 6 aliphatic heterocycles. The van der Waals surface area contributed by atoms with Gasteiger partial charge in [-0.25, -0.2) is 4.39 Å². The quantitative estimate of drug-likeness (QED) is 0.0484. The van der Waals surface area contributed by atoms with Crippen LogP contribution in [-0.4, -0.2) is 247 Å². The summed E-state index contributed by atoms with van der Waals surface area (Å²) in [5, 5.41) is 37.0. The van der Waals surface area contributed by atoms with Crippen LogP contribution in [0.15, 0.2) is 97.2 Å². The molecule has 0 radical (unpaired) electrons. The molecule has 5 aromatic rings. The first kappa shape index (κ1) is 86.6. The van der Waals surface area contributed by atoms with Crippen LogP contribution in [0.4, 0.5) is 4.39 Å². The molecule has 4 aromatic carbocycles. The number of hydrogen-bond acceptors (Lipinski definition) is 16. The lowest BCUT2D eigenvalue weighted by Crippen LogP contribution is -2.64. The van der Waals surface area contributed by atoms with Crippen LogP contribution in [0.1, 0.15) is 118 Å². The number of halogens is 1. The monoisotopic (exact) mass is 1570 g/mol. The highest BCUT2D eigenvalue weighted by Gasteiger charge is 2.50. The molecular formula is C82H111FN14O16. The van der Waals surface area contributed by atoms with Crippen molar-refractivity contribution >= 4 is 81.8 Å². The first-order valence-corrected chi connectivity index (χ1v) is 38.8. The number of hydrogen-bond donors (Lipinski definition) is 10. The lowest BCUT2D eigenvalue weighted by Gasteiger charge is -2.37. The number of ether oxygens (including phenoxy) is 3. The number of fused-ring (bicyclic) bond motifs is 16. The Balaban J connectivity index is 0.0000146. The molecule has 11 rings (SSSR count). The Kier molecular flexibility index (Phi) is 30.6. The van der Waals surface area contributed by atoms with E-state index in [1.54, 1.807) is 72.6 Å². The molecule has 612 valence electrons. The molecule has 10 atom stereocenters. The number of benzene rings is 4. The van der Waals surface area contributed by atoms with Gasteiger partial charge >= 0.3 is 0 Å². The van der Waals surface area contributed by atoms with E-state index >= 15 is 33.2 Å². The van der Waals surface area contributed by atoms with Crippen LogP contribution in [0.3, 0.4) is 0 Å². The Morgan fingerprint density at radius 1 is 0.699 bits per heavy atom. The molecule has 6 aliphatic rings. The van der Waals surface area contributed by atoms with Crippen LogP contribution in [0.5, 0.6) is 5.75 Å². The zero-order valence-corrected chi connectivity index (χ0v) is 66.0. The maximum absolute atomic E-state index is 16.2. The second-order valence-corrected chi connectivity index (χ2v) is 31.0. The van der Waals surface area contributed by atoms with Crippen molar-refractivity contribution < 1.29 is 85.7 Å². The van der Waals surface area contributed by atoms with Crippen molar-refractivity contribution in [2.24, 2.45) is 0 Å². The first-order chi connectivity index (χ1) is 53.5. The van der Waals surface area contributed by atoms with E-state index in [0.29, 0.717) is 108 Å². The fraction of sp³-hybridized carbons (Fsp3) is 0.524. The second-order valence-electron chi connectivity index (χ2n) is 31.0. The summed E-state index contributed by atoms with van der Waals surface area (Å²) in [5.74, 6) is -9.25. The number of carbonyl (C=O) groups excluding carboxylic acids is 12. The number of quaternary nitrogens is 1. The molecule has 2 saturated heterocycles. The SMILES string of the molecule is COc1ccc(C[C@@H]2NC(=O)[C@H]([C@@H](C)O)NC(=O)[C@@H]3[C@@H]4CCN3C(=O)[C@@H]3Cc5cn(c6ccc(F)cc56)CCCCCCN(Cc5ccc(cc5)CCNC(=O)[C@]5(C)CCCN5C2=O)C(=O)CCC(=O)N[C@@H](C)C(=O)N[C@H](CNC(=O)CCOCC[N+](C)(C)C)C(=O)N[C@@H](Cc2cccc(c2)CNC(=O)CO4)C(=O)N3)cc1.[CH3-]. The van der Waals surface area contributed by atoms with Gasteiger partial charge in [0.2, 0.25) is 70.9 Å². The van der Waals surface area contributed by atoms with E-state index in [0.717, 1.165) is 16.0 Å². The number of amides is 12. The van der Waals surface area contributed by atoms with Crippen LogP contribution in [0.2, 0.25) is 0 Å². The minimum absolute atomic E-state index is 0. The molecule has 30 nitrogen and oxygen atoms in total. The summed E-state index contributed by atoms with van der Waals surface area (Å²) in [6.07, 6.45) is 0.639. The first-order valence-electron chi connectivity index (χ1n) is 38.8. The van der Waals surface area contributed by atoms with Gasteiger partial charge in [0.1, 0.15) is 72.6 Å². The summed E-state index contributed by atoms with van der Waals surface area (Å²) in [4.78, 5) is 182. The highest BCUT2D eigenvalue weighted by molar-refractivity contribution is 6.00. The third-order valence-corrected chi connectivity index (χ3v) is 21.4. The van der Waals surface area contributed by atoms with E-state index in [1.165, 1.54) is 38.0 Å². The van der Waals surface area contributed by atoms with Gasteiger partial charge in [-0.1, -0.05) is 73.5 Å². The molecule has 1 aromatic heterocycles. The van der Waals surface area contributed by atoms with Crippen LogP contribution in [-0.2, 0) is 112 Å². The van der Waals surface area contributed by atoms with Crippen LogP contribution < -0.4 is 52.6 Å². The summed E-state index contributed by atoms with van der Waals surface area (Å²) in [6, 6.07) is 13.9. The Labute approximate surface area is 659 Å². The number of carbonyl (C=O) groups is 12. The van der Waals surface area contributed by atoms with Crippen molar-refractivity contribution in [1.29, 1.82) is 0 Å². The van der Waals surface area contributed by atoms with Gasteiger partial charge in [-0.05, 0) is 123 Å². The second kappa shape index (κ2) is 39.9. The smallest absolute Gasteiger partial charge is 0.246 e. The zero-order chi connectivity index (χ0) is 80.4. The predicted octanol–water partition coefficient (Wildman–Crippen LogP) is 1.86. The third kappa shape index (κ3) is 23.6. The molecule has 0 aliphatic carbocycles. The molecule has 10 N–H and O–H groups in total. The largest absolute Gasteiger partial charge is 0.497 e. The van der Waals surface area contributed by atoms with E-state index in [-0.39, 0.29) is 104 Å². The highest BCUT2D eigenvalue weighted by Crippen LogP contribution is 2.32. The van der Waals surface area contributed by atoms with Crippen molar-refractivity contribution in [3.8, 4) is 5.75 Å². The predicted molar refractivity (Wildman–Crippen MR) is 416 cm³/mol. The van der Waals surface area contributed by atoms with Crippen LogP contribution >= 0.6 is 0 Å². The minimum Gasteiger partial charge on any atom is -0.497 e. The van der Waals surface area contributed by atoms with Gasteiger partial charge in [0.25, 0.3) is 0 Å². The lowest BCUT2D eigenvalue weighted by atomic mass is 9.95. The van der Waals surface area contributed by atoms with Gasteiger partial charge in [-0.2, -0.15) is 0 Å². The fourth-order valence-corrected chi connectivity index (χ4v) is 14.9. The molecule has 7 heterocycles. The summed E-state index contributed by atoms with van der Waals surface area (Å²) in [5.41, 5.74) is 2.71. The van der Waals surface area contributed by atoms with Crippen LogP contribution in [0.25, 0.3) is 10.9 Å². The van der Waals surface area contributed by atoms with Crippen molar-refractivity contribution in [2.75, 3.05) is 87.3 Å². The zero-order valence-electron chi connectivity index (χ0n) is 66.0. The van der Waals surface area contributed by atoms with Gasteiger partial charge < -0.3 is 98.3 Å². The van der Waals surface area contributed by atoms with Crippen molar-refractivity contribution in [3.05, 3.63) is 144 Å². The fourth-order valence-electron chi connectivity index (χ4n) is 14.9. The number of methoxy groups -OCH3 is 1. The number of aliphatic hydroxyl groups excluding tert-OH is 1. The standard InChI is InChI=1S/C81H107FN14O16.CH3/c1-50-73(102)90-64(46-85-67(98)30-38-111-39-37-96(4,5)6)75(104)87-61-42-55-14-12-15-56(40-55)45-84-69(100)49-112-66-29-36-94-72(66)77(106)91-71(51(2)97)76(105)89-62(41-53-20-23-59(110-7)24-21-53)79(108)95-35-13-31-81(95,3)80(109)83-32-28-52-16-18-54(19-17-52)47-93(70(101)27-26-68(99)86-50)34-11-9-8-10-33-92-48-57(43-63(78(94)107)88-74(61)103)60-44-58(82)22-25-65(60)92;/h12,14-25,40,44,48,50-51,61-64,66,71-72,97H,8-11,13,26-39,41-43,45-47,49H2,1-7H3,(H8-,83,84,85,86,87,88,89,90,91,98,99,100,102,103,104,105,106,109);1H3/q;-1/p+1/t50-,51+,61-,62-,63-,64+,66-,71-,72-,81-;/m0./s1. The van der Waals surface area contributed by atoms with Gasteiger partial charge in [0.15, 0.2) is 0 Å². The number of rotatable bonds is 12. The highest BCUT2D eigenvalue weighted by atomic mass is 19.1. The Hall–Kier alpha value is -10.4. The Morgan fingerprint density at radius 3 is 2.15 bits per heavy atom. The van der Waals surface area contributed by atoms with Crippen molar-refractivity contribution in [2.45, 2.75) is 190 Å². The molecule has 113 heavy (non-hydrogen) atoms.